The molecule has 0 aliphatic rings. The molecule has 0 fully saturated rings. The number of H-pyrrole nitrogens is 1. The first kappa shape index (κ1) is 17.1. The Kier molecular flexibility index (Phi) is 4.88. The van der Waals surface area contributed by atoms with Crippen molar-refractivity contribution in [3.05, 3.63) is 59.7 Å². The summed E-state index contributed by atoms with van der Waals surface area (Å²) in [6.07, 6.45) is 1.45. The molecule has 0 radical (unpaired) electrons. The molecule has 0 aliphatic heterocycles. The molecule has 0 bridgehead atoms. The van der Waals surface area contributed by atoms with Crippen LogP contribution in [0.15, 0.2) is 42.6 Å². The van der Waals surface area contributed by atoms with Gasteiger partial charge in [-0.1, -0.05) is 18.2 Å². The zero-order chi connectivity index (χ0) is 18.5. The van der Waals surface area contributed by atoms with Gasteiger partial charge in [-0.15, -0.1) is 0 Å². The zero-order valence-electron chi connectivity index (χ0n) is 13.9. The second-order valence-corrected chi connectivity index (χ2v) is 5.36. The highest BCUT2D eigenvalue weighted by atomic mass is 16.5. The lowest BCUT2D eigenvalue weighted by Gasteiger charge is -2.07. The number of hydrogen-bond acceptors (Lipinski definition) is 8. The predicted octanol–water partition coefficient (Wildman–Crippen LogP) is 2.09. The number of aromatic amines is 1. The molecule has 4 N–H and O–H groups in total. The molecule has 2 aromatic heterocycles. The number of nitrogens with zero attached hydrogens (tertiary/aromatic N) is 3. The third-order valence-corrected chi connectivity index (χ3v) is 3.37. The van der Waals surface area contributed by atoms with Crippen molar-refractivity contribution in [2.75, 3.05) is 11.1 Å². The Labute approximate surface area is 148 Å². The van der Waals surface area contributed by atoms with Crippen LogP contribution in [0.4, 0.5) is 17.6 Å². The molecule has 9 heteroatoms. The van der Waals surface area contributed by atoms with E-state index >= 15 is 0 Å². The standard InChI is InChI=1S/C17H16N6O3/c1-10(24)11-7-13(19-8-11)15(25)26-9-14-21-16(18)23-17(22-14)20-12-5-3-2-4-6-12/h2-8,19H,9H2,1H3,(H3,18,20,21,22,23). The summed E-state index contributed by atoms with van der Waals surface area (Å²) in [7, 11) is 0. The van der Waals surface area contributed by atoms with Crippen molar-refractivity contribution < 1.29 is 14.3 Å². The fourth-order valence-electron chi connectivity index (χ4n) is 2.13. The first-order valence-corrected chi connectivity index (χ1v) is 7.70. The number of carbonyl (C=O) groups is 2. The van der Waals surface area contributed by atoms with Crippen molar-refractivity contribution >= 4 is 29.3 Å². The fraction of sp³-hybridized carbons (Fsp3) is 0.118. The lowest BCUT2D eigenvalue weighted by molar-refractivity contribution is 0.0456. The van der Waals surface area contributed by atoms with Gasteiger partial charge in [0.1, 0.15) is 5.69 Å². The number of Topliss-reactive ketones (excluding diaryl/α,β-unsaturated/α-hetero) is 1. The molecular formula is C17H16N6O3. The molecule has 0 saturated heterocycles. The number of esters is 1. The third kappa shape index (κ3) is 4.20. The highest BCUT2D eigenvalue weighted by Gasteiger charge is 2.13. The molecule has 0 unspecified atom stereocenters. The molecule has 3 rings (SSSR count). The molecule has 0 amide bonds. The van der Waals surface area contributed by atoms with Crippen molar-refractivity contribution in [2.45, 2.75) is 13.5 Å². The summed E-state index contributed by atoms with van der Waals surface area (Å²) in [5, 5.41) is 2.99. The van der Waals surface area contributed by atoms with Crippen LogP contribution in [-0.2, 0) is 11.3 Å². The molecule has 0 atom stereocenters. The lowest BCUT2D eigenvalue weighted by atomic mass is 10.2. The minimum atomic E-state index is -0.631. The van der Waals surface area contributed by atoms with E-state index in [9.17, 15) is 9.59 Å². The number of anilines is 3. The second kappa shape index (κ2) is 7.43. The van der Waals surface area contributed by atoms with E-state index in [2.05, 4.69) is 25.3 Å². The second-order valence-electron chi connectivity index (χ2n) is 5.36. The van der Waals surface area contributed by atoms with Crippen LogP contribution >= 0.6 is 0 Å². The highest BCUT2D eigenvalue weighted by molar-refractivity contribution is 5.97. The summed E-state index contributed by atoms with van der Waals surface area (Å²) in [5.74, 6) is -0.337. The average molecular weight is 352 g/mol. The molecule has 0 spiro atoms. The SMILES string of the molecule is CC(=O)c1c[nH]c(C(=O)OCc2nc(N)nc(Nc3ccccc3)n2)c1. The van der Waals surface area contributed by atoms with Crippen LogP contribution < -0.4 is 11.1 Å². The van der Waals surface area contributed by atoms with Crippen molar-refractivity contribution in [2.24, 2.45) is 0 Å². The number of nitrogen functional groups attached to an aromatic ring is 1. The number of ether oxygens (including phenoxy) is 1. The van der Waals surface area contributed by atoms with Crippen LogP contribution in [-0.4, -0.2) is 31.7 Å². The topological polar surface area (TPSA) is 136 Å². The van der Waals surface area contributed by atoms with Crippen LogP contribution in [0.1, 0.15) is 33.6 Å². The number of carbonyl (C=O) groups excluding carboxylic acids is 2. The Bertz CT molecular complexity index is 939. The largest absolute Gasteiger partial charge is 0.453 e. The number of rotatable bonds is 6. The minimum absolute atomic E-state index is 0.00298. The molecule has 132 valence electrons. The third-order valence-electron chi connectivity index (χ3n) is 3.37. The zero-order valence-corrected chi connectivity index (χ0v) is 13.9. The van der Waals surface area contributed by atoms with E-state index < -0.39 is 5.97 Å². The summed E-state index contributed by atoms with van der Waals surface area (Å²) >= 11 is 0. The Balaban J connectivity index is 1.67. The smallest absolute Gasteiger partial charge is 0.355 e. The van der Waals surface area contributed by atoms with E-state index in [4.69, 9.17) is 10.5 Å². The van der Waals surface area contributed by atoms with Crippen LogP contribution in [0.5, 0.6) is 0 Å². The number of nitrogens with two attached hydrogens (primary N) is 1. The molecule has 1 aromatic carbocycles. The van der Waals surface area contributed by atoms with E-state index in [-0.39, 0.29) is 35.8 Å². The van der Waals surface area contributed by atoms with Gasteiger partial charge in [0.2, 0.25) is 11.9 Å². The molecule has 2 heterocycles. The van der Waals surface area contributed by atoms with Gasteiger partial charge in [-0.2, -0.15) is 15.0 Å². The number of ketones is 1. The highest BCUT2D eigenvalue weighted by Crippen LogP contribution is 2.13. The van der Waals surface area contributed by atoms with Crippen LogP contribution in [0.25, 0.3) is 0 Å². The van der Waals surface area contributed by atoms with Crippen LogP contribution in [0, 0.1) is 0 Å². The van der Waals surface area contributed by atoms with Gasteiger partial charge in [0.05, 0.1) is 0 Å². The van der Waals surface area contributed by atoms with E-state index in [1.165, 1.54) is 19.2 Å². The maximum atomic E-state index is 12.0. The van der Waals surface area contributed by atoms with Gasteiger partial charge < -0.3 is 20.8 Å². The number of benzene rings is 1. The molecule has 26 heavy (non-hydrogen) atoms. The van der Waals surface area contributed by atoms with Gasteiger partial charge in [0.25, 0.3) is 0 Å². The Hall–Kier alpha value is -3.75. The number of hydrogen-bond donors (Lipinski definition) is 3. The molecular weight excluding hydrogens is 336 g/mol. The first-order valence-electron chi connectivity index (χ1n) is 7.70. The Morgan fingerprint density at radius 2 is 1.96 bits per heavy atom. The Morgan fingerprint density at radius 3 is 2.65 bits per heavy atom. The van der Waals surface area contributed by atoms with Crippen molar-refractivity contribution in [3.63, 3.8) is 0 Å². The normalized spacial score (nSPS) is 10.3. The van der Waals surface area contributed by atoms with Gasteiger partial charge in [-0.25, -0.2) is 4.79 Å². The minimum Gasteiger partial charge on any atom is -0.453 e. The lowest BCUT2D eigenvalue weighted by Crippen LogP contribution is -2.11. The van der Waals surface area contributed by atoms with E-state index in [0.717, 1.165) is 5.69 Å². The number of aromatic nitrogens is 4. The first-order chi connectivity index (χ1) is 12.5. The van der Waals surface area contributed by atoms with E-state index in [1.807, 2.05) is 30.3 Å². The van der Waals surface area contributed by atoms with E-state index in [1.54, 1.807) is 0 Å². The van der Waals surface area contributed by atoms with Gasteiger partial charge >= 0.3 is 5.97 Å². The van der Waals surface area contributed by atoms with Crippen LogP contribution in [0.3, 0.4) is 0 Å². The van der Waals surface area contributed by atoms with Crippen molar-refractivity contribution in [1.82, 2.24) is 19.9 Å². The predicted molar refractivity (Wildman–Crippen MR) is 93.9 cm³/mol. The molecule has 0 aliphatic carbocycles. The van der Waals surface area contributed by atoms with Crippen LogP contribution in [0.2, 0.25) is 0 Å². The molecule has 9 nitrogen and oxygen atoms in total. The number of para-hydroxylation sites is 1. The Morgan fingerprint density at radius 1 is 1.19 bits per heavy atom. The summed E-state index contributed by atoms with van der Waals surface area (Å²) < 4.78 is 5.15. The maximum Gasteiger partial charge on any atom is 0.355 e. The van der Waals surface area contributed by atoms with Gasteiger partial charge in [-0.3, -0.25) is 4.79 Å². The summed E-state index contributed by atoms with van der Waals surface area (Å²) in [4.78, 5) is 38.1. The van der Waals surface area contributed by atoms with Gasteiger partial charge in [0.15, 0.2) is 18.2 Å². The summed E-state index contributed by atoms with van der Waals surface area (Å²) in [6, 6.07) is 10.7. The summed E-state index contributed by atoms with van der Waals surface area (Å²) in [6.45, 7) is 1.22. The van der Waals surface area contributed by atoms with Gasteiger partial charge in [-0.05, 0) is 25.1 Å². The van der Waals surface area contributed by atoms with Crippen molar-refractivity contribution in [1.29, 1.82) is 0 Å². The fourth-order valence-corrected chi connectivity index (χ4v) is 2.13. The number of nitrogens with one attached hydrogen (secondary N) is 2. The monoisotopic (exact) mass is 352 g/mol. The molecule has 0 saturated carbocycles. The van der Waals surface area contributed by atoms with E-state index in [0.29, 0.717) is 5.56 Å². The quantitative estimate of drug-likeness (QED) is 0.453. The van der Waals surface area contributed by atoms with Gasteiger partial charge in [0, 0.05) is 17.4 Å². The van der Waals surface area contributed by atoms with Crippen molar-refractivity contribution in [3.8, 4) is 0 Å². The average Bonchev–Trinajstić information content (AvgIpc) is 3.11. The molecule has 3 aromatic rings. The summed E-state index contributed by atoms with van der Waals surface area (Å²) in [5.41, 5.74) is 7.03. The maximum absolute atomic E-state index is 12.0.